The van der Waals surface area contributed by atoms with E-state index in [1.807, 2.05) is 24.3 Å². The van der Waals surface area contributed by atoms with E-state index in [4.69, 9.17) is 9.47 Å². The Bertz CT molecular complexity index is 1070. The molecule has 2 heterocycles. The van der Waals surface area contributed by atoms with Gasteiger partial charge in [0, 0.05) is 17.6 Å². The summed E-state index contributed by atoms with van der Waals surface area (Å²) >= 11 is 0. The van der Waals surface area contributed by atoms with E-state index in [0.29, 0.717) is 16.8 Å². The van der Waals surface area contributed by atoms with E-state index in [1.54, 1.807) is 19.1 Å². The maximum atomic E-state index is 12.2. The first-order chi connectivity index (χ1) is 13.0. The van der Waals surface area contributed by atoms with Gasteiger partial charge in [-0.25, -0.2) is 9.78 Å². The first-order valence-electron chi connectivity index (χ1n) is 8.29. The Kier molecular flexibility index (Phi) is 5.30. The molecule has 0 N–H and O–H groups in total. The summed E-state index contributed by atoms with van der Waals surface area (Å²) in [7, 11) is 1.29. The van der Waals surface area contributed by atoms with Crippen molar-refractivity contribution in [2.75, 3.05) is 7.11 Å². The summed E-state index contributed by atoms with van der Waals surface area (Å²) in [6.45, 7) is 1.38. The van der Waals surface area contributed by atoms with Crippen molar-refractivity contribution in [3.05, 3.63) is 75.8 Å². The number of hydrogen-bond donors (Lipinski definition) is 0. The first-order valence-corrected chi connectivity index (χ1v) is 8.29. The average molecular weight is 366 g/mol. The number of ether oxygens (including phenoxy) is 2. The number of rotatable bonds is 5. The number of aromatic nitrogens is 2. The van der Waals surface area contributed by atoms with Gasteiger partial charge in [0.25, 0.3) is 5.56 Å². The number of esters is 2. The Labute approximate surface area is 155 Å². The fourth-order valence-electron chi connectivity index (χ4n) is 2.84. The molecule has 138 valence electrons. The Morgan fingerprint density at radius 3 is 2.59 bits per heavy atom. The van der Waals surface area contributed by atoms with Crippen LogP contribution in [0.15, 0.2) is 53.5 Å². The van der Waals surface area contributed by atoms with Crippen molar-refractivity contribution < 1.29 is 19.1 Å². The van der Waals surface area contributed by atoms with Crippen LogP contribution in [0, 0.1) is 6.92 Å². The van der Waals surface area contributed by atoms with Crippen LogP contribution in [0.25, 0.3) is 10.9 Å². The van der Waals surface area contributed by atoms with E-state index in [2.05, 4.69) is 4.98 Å². The van der Waals surface area contributed by atoms with Crippen LogP contribution in [-0.4, -0.2) is 28.6 Å². The molecule has 0 aliphatic carbocycles. The van der Waals surface area contributed by atoms with Gasteiger partial charge in [0.1, 0.15) is 13.2 Å². The molecule has 0 radical (unpaired) electrons. The molecule has 7 nitrogen and oxygen atoms in total. The molecule has 3 rings (SSSR count). The highest BCUT2D eigenvalue weighted by Gasteiger charge is 2.20. The molecule has 0 unspecified atom stereocenters. The highest BCUT2D eigenvalue weighted by atomic mass is 16.5. The molecule has 0 amide bonds. The number of carbonyl (C=O) groups is 2. The fourth-order valence-corrected chi connectivity index (χ4v) is 2.84. The standard InChI is InChI=1S/C20H18N2O5/c1-13-14-7-3-4-8-15(14)21-16(19(13)20(25)26-2)12-27-18(24)11-22-10-6-5-9-17(22)23/h3-10H,11-12H2,1-2H3. The van der Waals surface area contributed by atoms with Gasteiger partial charge in [-0.15, -0.1) is 0 Å². The minimum atomic E-state index is -0.605. The van der Waals surface area contributed by atoms with Gasteiger partial charge >= 0.3 is 11.9 Å². The van der Waals surface area contributed by atoms with Crippen molar-refractivity contribution in [3.8, 4) is 0 Å². The molecule has 2 aromatic heterocycles. The molecular weight excluding hydrogens is 348 g/mol. The van der Waals surface area contributed by atoms with Crippen molar-refractivity contribution in [1.82, 2.24) is 9.55 Å². The highest BCUT2D eigenvalue weighted by Crippen LogP contribution is 2.24. The molecular formula is C20H18N2O5. The monoisotopic (exact) mass is 366 g/mol. The number of pyridine rings is 2. The molecule has 3 aromatic rings. The lowest BCUT2D eigenvalue weighted by molar-refractivity contribution is -0.145. The van der Waals surface area contributed by atoms with E-state index in [9.17, 15) is 14.4 Å². The number of aryl methyl sites for hydroxylation is 1. The van der Waals surface area contributed by atoms with Gasteiger partial charge in [0.2, 0.25) is 0 Å². The number of carbonyl (C=O) groups excluding carboxylic acids is 2. The molecule has 0 saturated carbocycles. The van der Waals surface area contributed by atoms with Gasteiger partial charge < -0.3 is 14.0 Å². The van der Waals surface area contributed by atoms with Crippen LogP contribution in [0.4, 0.5) is 0 Å². The normalized spacial score (nSPS) is 10.6. The van der Waals surface area contributed by atoms with Gasteiger partial charge in [0.05, 0.1) is 23.9 Å². The molecule has 0 aliphatic rings. The minimum Gasteiger partial charge on any atom is -0.465 e. The predicted molar refractivity (Wildman–Crippen MR) is 98.3 cm³/mol. The third kappa shape index (κ3) is 3.87. The summed E-state index contributed by atoms with van der Waals surface area (Å²) in [6.07, 6.45) is 1.50. The fraction of sp³-hybridized carbons (Fsp3) is 0.200. The number of nitrogens with zero attached hydrogens (tertiary/aromatic N) is 2. The second kappa shape index (κ2) is 7.82. The molecule has 0 aliphatic heterocycles. The largest absolute Gasteiger partial charge is 0.465 e. The third-order valence-corrected chi connectivity index (χ3v) is 4.18. The number of fused-ring (bicyclic) bond motifs is 1. The zero-order valence-electron chi connectivity index (χ0n) is 15.0. The maximum Gasteiger partial charge on any atom is 0.340 e. The van der Waals surface area contributed by atoms with Crippen molar-refractivity contribution in [3.63, 3.8) is 0 Å². The molecule has 1 aromatic carbocycles. The molecule has 0 bridgehead atoms. The maximum absolute atomic E-state index is 12.2. The molecule has 0 fully saturated rings. The van der Waals surface area contributed by atoms with E-state index < -0.39 is 11.9 Å². The lowest BCUT2D eigenvalue weighted by atomic mass is 10.0. The van der Waals surface area contributed by atoms with Gasteiger partial charge in [-0.3, -0.25) is 9.59 Å². The molecule has 0 spiro atoms. The van der Waals surface area contributed by atoms with Crippen molar-refractivity contribution in [1.29, 1.82) is 0 Å². The number of para-hydroxylation sites is 1. The summed E-state index contributed by atoms with van der Waals surface area (Å²) < 4.78 is 11.4. The van der Waals surface area contributed by atoms with Crippen LogP contribution in [-0.2, 0) is 27.4 Å². The summed E-state index contributed by atoms with van der Waals surface area (Å²) in [4.78, 5) is 40.5. The van der Waals surface area contributed by atoms with Gasteiger partial charge in [0.15, 0.2) is 0 Å². The quantitative estimate of drug-likeness (QED) is 0.644. The summed E-state index contributed by atoms with van der Waals surface area (Å²) in [5.74, 6) is -1.15. The van der Waals surface area contributed by atoms with Gasteiger partial charge in [-0.2, -0.15) is 0 Å². The first kappa shape index (κ1) is 18.3. The summed E-state index contributed by atoms with van der Waals surface area (Å²) in [5.41, 5.74) is 1.68. The Morgan fingerprint density at radius 1 is 1.11 bits per heavy atom. The van der Waals surface area contributed by atoms with Crippen molar-refractivity contribution in [2.24, 2.45) is 0 Å². The summed E-state index contributed by atoms with van der Waals surface area (Å²) in [5, 5.41) is 0.823. The van der Waals surface area contributed by atoms with Crippen LogP contribution in [0.3, 0.4) is 0 Å². The topological polar surface area (TPSA) is 87.5 Å². The lowest BCUT2D eigenvalue weighted by Gasteiger charge is -2.13. The van der Waals surface area contributed by atoms with E-state index in [1.165, 1.54) is 23.9 Å². The Hall–Kier alpha value is -3.48. The number of hydrogen-bond acceptors (Lipinski definition) is 6. The minimum absolute atomic E-state index is 0.198. The van der Waals surface area contributed by atoms with Crippen LogP contribution in [0.5, 0.6) is 0 Å². The second-order valence-corrected chi connectivity index (χ2v) is 5.89. The SMILES string of the molecule is COC(=O)c1c(COC(=O)Cn2ccccc2=O)nc2ccccc2c1C. The van der Waals surface area contributed by atoms with E-state index in [-0.39, 0.29) is 24.3 Å². The Balaban J connectivity index is 1.87. The predicted octanol–water partition coefficient (Wildman–Crippen LogP) is 2.23. The summed E-state index contributed by atoms with van der Waals surface area (Å²) in [6, 6.07) is 12.0. The van der Waals surface area contributed by atoms with Crippen LogP contribution < -0.4 is 5.56 Å². The van der Waals surface area contributed by atoms with Crippen LogP contribution in [0.2, 0.25) is 0 Å². The molecule has 27 heavy (non-hydrogen) atoms. The van der Waals surface area contributed by atoms with Crippen molar-refractivity contribution >= 4 is 22.8 Å². The smallest absolute Gasteiger partial charge is 0.340 e. The van der Waals surface area contributed by atoms with Crippen LogP contribution in [0.1, 0.15) is 21.6 Å². The molecule has 7 heteroatoms. The lowest BCUT2D eigenvalue weighted by Crippen LogP contribution is -2.24. The highest BCUT2D eigenvalue weighted by molar-refractivity contribution is 5.98. The zero-order valence-corrected chi connectivity index (χ0v) is 15.0. The third-order valence-electron chi connectivity index (χ3n) is 4.18. The van der Waals surface area contributed by atoms with Crippen molar-refractivity contribution in [2.45, 2.75) is 20.1 Å². The van der Waals surface area contributed by atoms with E-state index >= 15 is 0 Å². The molecule has 0 atom stereocenters. The van der Waals surface area contributed by atoms with Gasteiger partial charge in [-0.05, 0) is 24.6 Å². The van der Waals surface area contributed by atoms with Crippen LogP contribution >= 0.6 is 0 Å². The molecule has 0 saturated heterocycles. The Morgan fingerprint density at radius 2 is 1.85 bits per heavy atom. The average Bonchev–Trinajstić information content (AvgIpc) is 2.68. The number of methoxy groups -OCH3 is 1. The second-order valence-electron chi connectivity index (χ2n) is 5.89. The van der Waals surface area contributed by atoms with E-state index in [0.717, 1.165) is 5.39 Å². The zero-order chi connectivity index (χ0) is 19.4. The number of benzene rings is 1. The van der Waals surface area contributed by atoms with Gasteiger partial charge in [-0.1, -0.05) is 24.3 Å².